The summed E-state index contributed by atoms with van der Waals surface area (Å²) in [6.07, 6.45) is -2.49. The van der Waals surface area contributed by atoms with Crippen molar-refractivity contribution in [3.8, 4) is 29.0 Å². The van der Waals surface area contributed by atoms with Crippen molar-refractivity contribution in [2.24, 2.45) is 7.05 Å². The summed E-state index contributed by atoms with van der Waals surface area (Å²) in [5, 5.41) is 4.03. The monoisotopic (exact) mass is 459 g/mol. The minimum atomic E-state index is -4.51. The molecule has 0 fully saturated rings. The molecule has 13 heteroatoms. The van der Waals surface area contributed by atoms with Gasteiger partial charge in [-0.3, -0.25) is 9.48 Å². The number of halogens is 4. The zero-order chi connectivity index (χ0) is 22.6. The third-order valence-corrected chi connectivity index (χ3v) is 4.57. The molecular weight excluding hydrogens is 441 g/mol. The van der Waals surface area contributed by atoms with Crippen molar-refractivity contribution in [3.05, 3.63) is 47.0 Å². The minimum absolute atomic E-state index is 0.157. The molecular formula is C18H18F4N5O3P. The van der Waals surface area contributed by atoms with Crippen LogP contribution in [-0.4, -0.2) is 56.0 Å². The Bertz CT molecular complexity index is 1080. The van der Waals surface area contributed by atoms with E-state index in [1.54, 1.807) is 13.1 Å². The SMILES string of the molecule is Cn1nccc1-c1cc(=O)n(-c2ccc(OCC(F)(F)F)nc2)c(OC(CF)CP)n1. The summed E-state index contributed by atoms with van der Waals surface area (Å²) in [5.41, 5.74) is 0.389. The van der Waals surface area contributed by atoms with Gasteiger partial charge in [-0.1, -0.05) is 0 Å². The second kappa shape index (κ2) is 9.42. The fourth-order valence-corrected chi connectivity index (χ4v) is 2.79. The van der Waals surface area contributed by atoms with E-state index in [1.807, 2.05) is 0 Å². The number of aromatic nitrogens is 5. The first-order valence-corrected chi connectivity index (χ1v) is 9.74. The van der Waals surface area contributed by atoms with Crippen LogP contribution in [0.15, 0.2) is 41.5 Å². The van der Waals surface area contributed by atoms with Gasteiger partial charge in [0.05, 0.1) is 23.3 Å². The Hall–Kier alpha value is -3.01. The summed E-state index contributed by atoms with van der Waals surface area (Å²) >= 11 is 0. The van der Waals surface area contributed by atoms with Gasteiger partial charge in [-0.2, -0.15) is 23.3 Å². The number of nitrogens with zero attached hydrogens (tertiary/aromatic N) is 5. The van der Waals surface area contributed by atoms with Crippen molar-refractivity contribution in [2.75, 3.05) is 19.4 Å². The maximum Gasteiger partial charge on any atom is 0.422 e. The Morgan fingerprint density at radius 1 is 1.26 bits per heavy atom. The fraction of sp³-hybridized carbons (Fsp3) is 0.333. The normalized spacial score (nSPS) is 12.6. The molecule has 31 heavy (non-hydrogen) atoms. The standard InChI is InChI=1S/C18H18F4N5O3P/c1-26-14(4-5-24-26)13-6-16(28)27(17(25-13)30-12(7-19)9-31)11-2-3-15(23-8-11)29-10-18(20,21)22/h2-6,8,12H,7,9-10,31H2,1H3. The van der Waals surface area contributed by atoms with Gasteiger partial charge in [0.25, 0.3) is 5.56 Å². The number of hydrogen-bond acceptors (Lipinski definition) is 6. The van der Waals surface area contributed by atoms with E-state index in [0.717, 1.165) is 10.8 Å². The van der Waals surface area contributed by atoms with Gasteiger partial charge in [0.2, 0.25) is 5.88 Å². The van der Waals surface area contributed by atoms with E-state index in [2.05, 4.69) is 29.0 Å². The molecule has 0 N–H and O–H groups in total. The van der Waals surface area contributed by atoms with Gasteiger partial charge in [-0.25, -0.2) is 13.9 Å². The van der Waals surface area contributed by atoms with Crippen LogP contribution in [0.25, 0.3) is 17.1 Å². The molecule has 0 aromatic carbocycles. The molecule has 3 aromatic rings. The van der Waals surface area contributed by atoms with Crippen molar-refractivity contribution in [1.82, 2.24) is 24.3 Å². The maximum atomic E-state index is 13.3. The number of rotatable bonds is 8. The average Bonchev–Trinajstić information content (AvgIpc) is 3.16. The molecule has 2 unspecified atom stereocenters. The summed E-state index contributed by atoms with van der Waals surface area (Å²) in [6.45, 7) is -2.32. The van der Waals surface area contributed by atoms with E-state index >= 15 is 0 Å². The Labute approximate surface area is 176 Å². The number of pyridine rings is 1. The van der Waals surface area contributed by atoms with Crippen molar-refractivity contribution < 1.29 is 27.0 Å². The topological polar surface area (TPSA) is 84.1 Å². The van der Waals surface area contributed by atoms with Crippen LogP contribution < -0.4 is 15.0 Å². The van der Waals surface area contributed by atoms with Crippen LogP contribution in [0.5, 0.6) is 11.9 Å². The molecule has 2 atom stereocenters. The Kier molecular flexibility index (Phi) is 6.89. The molecule has 0 saturated heterocycles. The number of hydrogen-bond donors (Lipinski definition) is 0. The van der Waals surface area contributed by atoms with E-state index < -0.39 is 31.1 Å². The van der Waals surface area contributed by atoms with Gasteiger partial charge in [-0.15, -0.1) is 9.24 Å². The lowest BCUT2D eigenvalue weighted by Gasteiger charge is -2.18. The first-order chi connectivity index (χ1) is 14.7. The third kappa shape index (κ3) is 5.57. The summed E-state index contributed by atoms with van der Waals surface area (Å²) in [4.78, 5) is 21.0. The molecule has 0 saturated carbocycles. The van der Waals surface area contributed by atoms with E-state index in [1.165, 1.54) is 29.1 Å². The molecule has 0 aliphatic rings. The fourth-order valence-electron chi connectivity index (χ4n) is 2.57. The van der Waals surface area contributed by atoms with Gasteiger partial charge < -0.3 is 9.47 Å². The van der Waals surface area contributed by atoms with Gasteiger partial charge >= 0.3 is 12.2 Å². The zero-order valence-corrected chi connectivity index (χ0v) is 17.4. The molecule has 0 bridgehead atoms. The van der Waals surface area contributed by atoms with Gasteiger partial charge in [-0.05, 0) is 12.1 Å². The van der Waals surface area contributed by atoms with Gasteiger partial charge in [0.1, 0.15) is 12.8 Å². The molecule has 0 amide bonds. The number of alkyl halides is 4. The molecule has 3 heterocycles. The van der Waals surface area contributed by atoms with Crippen LogP contribution >= 0.6 is 9.24 Å². The lowest BCUT2D eigenvalue weighted by Crippen LogP contribution is -2.28. The van der Waals surface area contributed by atoms with Gasteiger partial charge in [0.15, 0.2) is 6.61 Å². The van der Waals surface area contributed by atoms with Crippen molar-refractivity contribution in [2.45, 2.75) is 12.3 Å². The molecule has 0 aliphatic heterocycles. The van der Waals surface area contributed by atoms with E-state index in [4.69, 9.17) is 4.74 Å². The predicted octanol–water partition coefficient (Wildman–Crippen LogP) is 2.56. The third-order valence-electron chi connectivity index (χ3n) is 4.04. The van der Waals surface area contributed by atoms with Gasteiger partial charge in [0, 0.05) is 31.5 Å². The lowest BCUT2D eigenvalue weighted by molar-refractivity contribution is -0.154. The van der Waals surface area contributed by atoms with E-state index in [0.29, 0.717) is 5.69 Å². The summed E-state index contributed by atoms with van der Waals surface area (Å²) in [7, 11) is 4.01. The van der Waals surface area contributed by atoms with Crippen molar-refractivity contribution in [1.29, 1.82) is 0 Å². The largest absolute Gasteiger partial charge is 0.468 e. The molecule has 3 aromatic heterocycles. The first kappa shape index (κ1) is 22.7. The maximum absolute atomic E-state index is 13.3. The lowest BCUT2D eigenvalue weighted by atomic mass is 10.3. The zero-order valence-electron chi connectivity index (χ0n) is 16.2. The first-order valence-electron chi connectivity index (χ1n) is 8.93. The van der Waals surface area contributed by atoms with Crippen molar-refractivity contribution in [3.63, 3.8) is 0 Å². The van der Waals surface area contributed by atoms with Crippen LogP contribution in [0.4, 0.5) is 17.6 Å². The molecule has 3 rings (SSSR count). The smallest absolute Gasteiger partial charge is 0.422 e. The molecule has 0 spiro atoms. The van der Waals surface area contributed by atoms with Crippen LogP contribution in [-0.2, 0) is 7.05 Å². The number of ether oxygens (including phenoxy) is 2. The Morgan fingerprint density at radius 2 is 2.03 bits per heavy atom. The summed E-state index contributed by atoms with van der Waals surface area (Å²) < 4.78 is 62.9. The highest BCUT2D eigenvalue weighted by Gasteiger charge is 2.28. The van der Waals surface area contributed by atoms with E-state index in [9.17, 15) is 22.4 Å². The Balaban J connectivity index is 2.02. The predicted molar refractivity (Wildman–Crippen MR) is 106 cm³/mol. The number of aryl methyl sites for hydroxylation is 1. The molecule has 166 valence electrons. The van der Waals surface area contributed by atoms with Crippen LogP contribution in [0.2, 0.25) is 0 Å². The Morgan fingerprint density at radius 3 is 2.58 bits per heavy atom. The van der Waals surface area contributed by atoms with Crippen LogP contribution in [0.3, 0.4) is 0 Å². The second-order valence-corrected chi connectivity index (χ2v) is 6.80. The molecule has 8 nitrogen and oxygen atoms in total. The van der Waals surface area contributed by atoms with Crippen LogP contribution in [0, 0.1) is 0 Å². The minimum Gasteiger partial charge on any atom is -0.468 e. The highest BCUT2D eigenvalue weighted by atomic mass is 31.0. The second-order valence-electron chi connectivity index (χ2n) is 6.33. The molecule has 0 aliphatic carbocycles. The average molecular weight is 459 g/mol. The quantitative estimate of drug-likeness (QED) is 0.380. The summed E-state index contributed by atoms with van der Waals surface area (Å²) in [6, 6.07) is 5.19. The van der Waals surface area contributed by atoms with Crippen molar-refractivity contribution >= 4 is 9.24 Å². The van der Waals surface area contributed by atoms with E-state index in [-0.39, 0.29) is 29.4 Å². The molecule has 0 radical (unpaired) electrons. The highest BCUT2D eigenvalue weighted by molar-refractivity contribution is 7.16. The highest BCUT2D eigenvalue weighted by Crippen LogP contribution is 2.22. The summed E-state index contributed by atoms with van der Waals surface area (Å²) in [5.74, 6) is -0.275. The van der Waals surface area contributed by atoms with Crippen LogP contribution in [0.1, 0.15) is 0 Å².